The third kappa shape index (κ3) is 5.32. The zero-order valence-electron chi connectivity index (χ0n) is 16.8. The third-order valence-corrected chi connectivity index (χ3v) is 5.62. The summed E-state index contributed by atoms with van der Waals surface area (Å²) in [5.41, 5.74) is 4.07. The van der Waals surface area contributed by atoms with Crippen molar-refractivity contribution >= 4 is 27.3 Å². The Morgan fingerprint density at radius 3 is 2.22 bits per heavy atom. The zero-order chi connectivity index (χ0) is 20.4. The Bertz CT molecular complexity index is 944. The van der Waals surface area contributed by atoms with Crippen LogP contribution in [0.3, 0.4) is 0 Å². The van der Waals surface area contributed by atoms with E-state index < -0.39 is 10.0 Å². The van der Waals surface area contributed by atoms with E-state index in [-0.39, 0.29) is 17.9 Å². The number of rotatable bonds is 5. The number of nitrogens with zero attached hydrogens (tertiary/aromatic N) is 1. The highest BCUT2D eigenvalue weighted by molar-refractivity contribution is 7.92. The number of carbonyl (C=O) groups is 1. The molecule has 0 bridgehead atoms. The highest BCUT2D eigenvalue weighted by Gasteiger charge is 2.23. The van der Waals surface area contributed by atoms with Crippen molar-refractivity contribution < 1.29 is 13.2 Å². The Morgan fingerprint density at radius 1 is 1.04 bits per heavy atom. The number of hydrogen-bond acceptors (Lipinski definition) is 3. The monoisotopic (exact) mass is 388 g/mol. The second kappa shape index (κ2) is 7.72. The fraction of sp³-hybridized carbons (Fsp3) is 0.381. The Morgan fingerprint density at radius 2 is 1.67 bits per heavy atom. The van der Waals surface area contributed by atoms with Gasteiger partial charge in [-0.05, 0) is 54.2 Å². The van der Waals surface area contributed by atoms with Gasteiger partial charge in [0.05, 0.1) is 11.9 Å². The first-order valence-electron chi connectivity index (χ1n) is 8.84. The normalized spacial score (nSPS) is 11.9. The number of anilines is 2. The summed E-state index contributed by atoms with van der Waals surface area (Å²) < 4.78 is 25.7. The molecule has 2 aromatic rings. The highest BCUT2D eigenvalue weighted by Crippen LogP contribution is 2.29. The molecule has 0 radical (unpaired) electrons. The van der Waals surface area contributed by atoms with Gasteiger partial charge in [0.15, 0.2) is 0 Å². The molecule has 0 saturated heterocycles. The van der Waals surface area contributed by atoms with Crippen LogP contribution in [-0.4, -0.2) is 27.1 Å². The summed E-state index contributed by atoms with van der Waals surface area (Å²) in [7, 11) is -3.60. The highest BCUT2D eigenvalue weighted by atomic mass is 32.2. The molecule has 2 rings (SSSR count). The number of aryl methyl sites for hydroxylation is 2. The SMILES string of the molecule is Cc1ccc(N(CC(=O)Nc2ccccc2C(C)(C)C)S(C)(=O)=O)cc1C. The molecule has 0 aliphatic heterocycles. The quantitative estimate of drug-likeness (QED) is 0.842. The van der Waals surface area contributed by atoms with E-state index in [0.717, 1.165) is 27.3 Å². The van der Waals surface area contributed by atoms with Crippen LogP contribution in [0.25, 0.3) is 0 Å². The second-order valence-corrected chi connectivity index (χ2v) is 9.79. The third-order valence-electron chi connectivity index (χ3n) is 4.48. The maximum atomic E-state index is 12.7. The van der Waals surface area contributed by atoms with Crippen LogP contribution >= 0.6 is 0 Å². The predicted octanol–water partition coefficient (Wildman–Crippen LogP) is 4.01. The molecular formula is C21H28N2O3S. The number of carbonyl (C=O) groups excluding carboxylic acids is 1. The number of sulfonamides is 1. The van der Waals surface area contributed by atoms with E-state index in [1.807, 2.05) is 44.2 Å². The summed E-state index contributed by atoms with van der Waals surface area (Å²) in [5.74, 6) is -0.379. The van der Waals surface area contributed by atoms with E-state index in [2.05, 4.69) is 26.1 Å². The Balaban J connectivity index is 2.30. The van der Waals surface area contributed by atoms with Crippen LogP contribution < -0.4 is 9.62 Å². The molecular weight excluding hydrogens is 360 g/mol. The van der Waals surface area contributed by atoms with E-state index in [9.17, 15) is 13.2 Å². The molecule has 0 aliphatic rings. The van der Waals surface area contributed by atoms with Crippen LogP contribution in [0.5, 0.6) is 0 Å². The van der Waals surface area contributed by atoms with Gasteiger partial charge in [-0.3, -0.25) is 9.10 Å². The summed E-state index contributed by atoms with van der Waals surface area (Å²) in [6, 6.07) is 12.9. The maximum Gasteiger partial charge on any atom is 0.245 e. The number of benzene rings is 2. The van der Waals surface area contributed by atoms with Gasteiger partial charge in [-0.25, -0.2) is 8.42 Å². The number of para-hydroxylation sites is 1. The van der Waals surface area contributed by atoms with Crippen molar-refractivity contribution in [3.05, 3.63) is 59.2 Å². The van der Waals surface area contributed by atoms with E-state index in [1.54, 1.807) is 12.1 Å². The molecule has 0 saturated carbocycles. The van der Waals surface area contributed by atoms with Crippen molar-refractivity contribution in [1.29, 1.82) is 0 Å². The molecule has 27 heavy (non-hydrogen) atoms. The van der Waals surface area contributed by atoms with Crippen molar-refractivity contribution in [3.8, 4) is 0 Å². The molecule has 0 atom stereocenters. The van der Waals surface area contributed by atoms with Crippen molar-refractivity contribution in [2.24, 2.45) is 0 Å². The number of hydrogen-bond donors (Lipinski definition) is 1. The maximum absolute atomic E-state index is 12.7. The van der Waals surface area contributed by atoms with Crippen LogP contribution in [0.1, 0.15) is 37.5 Å². The van der Waals surface area contributed by atoms with Gasteiger partial charge in [0, 0.05) is 5.69 Å². The lowest BCUT2D eigenvalue weighted by molar-refractivity contribution is -0.114. The predicted molar refractivity (Wildman–Crippen MR) is 112 cm³/mol. The van der Waals surface area contributed by atoms with Crippen LogP contribution in [0.15, 0.2) is 42.5 Å². The van der Waals surface area contributed by atoms with E-state index in [0.29, 0.717) is 11.4 Å². The molecule has 0 aromatic heterocycles. The van der Waals surface area contributed by atoms with Crippen LogP contribution in [0.4, 0.5) is 11.4 Å². The lowest BCUT2D eigenvalue weighted by Crippen LogP contribution is -2.37. The van der Waals surface area contributed by atoms with Gasteiger partial charge >= 0.3 is 0 Å². The fourth-order valence-electron chi connectivity index (χ4n) is 2.85. The van der Waals surface area contributed by atoms with E-state index >= 15 is 0 Å². The lowest BCUT2D eigenvalue weighted by Gasteiger charge is -2.25. The first-order valence-corrected chi connectivity index (χ1v) is 10.7. The lowest BCUT2D eigenvalue weighted by atomic mass is 9.86. The summed E-state index contributed by atoms with van der Waals surface area (Å²) in [4.78, 5) is 12.7. The van der Waals surface area contributed by atoms with Crippen LogP contribution in [-0.2, 0) is 20.2 Å². The number of amides is 1. The van der Waals surface area contributed by atoms with Gasteiger partial charge in [-0.15, -0.1) is 0 Å². The van der Waals surface area contributed by atoms with Gasteiger partial charge < -0.3 is 5.32 Å². The molecule has 0 aliphatic carbocycles. The van der Waals surface area contributed by atoms with E-state index in [1.165, 1.54) is 0 Å². The first-order chi connectivity index (χ1) is 12.4. The van der Waals surface area contributed by atoms with Crippen molar-refractivity contribution in [3.63, 3.8) is 0 Å². The molecule has 0 heterocycles. The standard InChI is InChI=1S/C21H28N2O3S/c1-15-11-12-17(13-16(15)2)23(27(6,25)26)14-20(24)22-19-10-8-7-9-18(19)21(3,4)5/h7-13H,14H2,1-6H3,(H,22,24). The van der Waals surface area contributed by atoms with Gasteiger partial charge in [-0.2, -0.15) is 0 Å². The first kappa shape index (κ1) is 21.0. The van der Waals surface area contributed by atoms with Gasteiger partial charge in [0.25, 0.3) is 0 Å². The summed E-state index contributed by atoms with van der Waals surface area (Å²) in [6.07, 6.45) is 1.11. The molecule has 2 aromatic carbocycles. The summed E-state index contributed by atoms with van der Waals surface area (Å²) >= 11 is 0. The number of nitrogens with one attached hydrogen (secondary N) is 1. The molecule has 1 amide bonds. The van der Waals surface area contributed by atoms with Crippen molar-refractivity contribution in [2.45, 2.75) is 40.0 Å². The van der Waals surface area contributed by atoms with Crippen molar-refractivity contribution in [1.82, 2.24) is 0 Å². The van der Waals surface area contributed by atoms with Crippen LogP contribution in [0, 0.1) is 13.8 Å². The van der Waals surface area contributed by atoms with Gasteiger partial charge in [0.2, 0.25) is 15.9 Å². The van der Waals surface area contributed by atoms with Crippen LogP contribution in [0.2, 0.25) is 0 Å². The Labute approximate surface area is 162 Å². The molecule has 0 fully saturated rings. The largest absolute Gasteiger partial charge is 0.324 e. The summed E-state index contributed by atoms with van der Waals surface area (Å²) in [5, 5.41) is 2.87. The zero-order valence-corrected chi connectivity index (χ0v) is 17.6. The minimum atomic E-state index is -3.60. The Hall–Kier alpha value is -2.34. The smallest absolute Gasteiger partial charge is 0.245 e. The second-order valence-electron chi connectivity index (χ2n) is 7.88. The van der Waals surface area contributed by atoms with Gasteiger partial charge in [-0.1, -0.05) is 45.0 Å². The van der Waals surface area contributed by atoms with Crippen molar-refractivity contribution in [2.75, 3.05) is 22.4 Å². The molecule has 1 N–H and O–H groups in total. The minimum absolute atomic E-state index is 0.144. The average Bonchev–Trinajstić information content (AvgIpc) is 2.54. The fourth-order valence-corrected chi connectivity index (χ4v) is 3.70. The topological polar surface area (TPSA) is 66.5 Å². The molecule has 0 unspecified atom stereocenters. The average molecular weight is 389 g/mol. The molecule has 0 spiro atoms. The Kier molecular flexibility index (Phi) is 6.00. The molecule has 5 nitrogen and oxygen atoms in total. The molecule has 146 valence electrons. The van der Waals surface area contributed by atoms with E-state index in [4.69, 9.17) is 0 Å². The molecule has 6 heteroatoms. The summed E-state index contributed by atoms with van der Waals surface area (Å²) in [6.45, 7) is 9.79. The minimum Gasteiger partial charge on any atom is -0.324 e. The van der Waals surface area contributed by atoms with Gasteiger partial charge in [0.1, 0.15) is 6.54 Å².